The maximum absolute atomic E-state index is 6.53. The summed E-state index contributed by atoms with van der Waals surface area (Å²) < 4.78 is 6.53. The third kappa shape index (κ3) is 6.68. The lowest BCUT2D eigenvalue weighted by molar-refractivity contribution is 0.653. The molecule has 7 aromatic carbocycles. The van der Waals surface area contributed by atoms with Crippen LogP contribution < -0.4 is 9.80 Å². The predicted molar refractivity (Wildman–Crippen MR) is 264 cm³/mol. The minimum Gasteiger partial charge on any atom is -0.454 e. The number of furan rings is 1. The molecule has 63 heavy (non-hydrogen) atoms. The summed E-state index contributed by atoms with van der Waals surface area (Å²) in [5.74, 6) is 0. The second-order valence-electron chi connectivity index (χ2n) is 16.9. The standard InChI is InChI=1S/C59H45N3O/c1-40-18-7-4-12-25-48-49-34-31-43(37-52(49)59(2,3)53(48)38-56(40)61(44-21-8-5-9-22-44)46-32-30-41-19-13-14-20-42(41)36-46)54-35-33-47(39-60-54)62(45-23-10-6-11-24-45)55-28-17-27-51-50-26-15-16-29-57(50)63-58(51)55/h4-24,26-39H,1,25H2,2-3H3/b12-4-,18-7-,56-38+. The Labute approximate surface area is 368 Å². The molecular weight excluding hydrogens is 767 g/mol. The van der Waals surface area contributed by atoms with Crippen molar-refractivity contribution >= 4 is 66.7 Å². The first-order valence-electron chi connectivity index (χ1n) is 21.6. The summed E-state index contributed by atoms with van der Waals surface area (Å²) in [6.45, 7) is 9.40. The lowest BCUT2D eigenvalue weighted by atomic mass is 9.79. The topological polar surface area (TPSA) is 32.5 Å². The molecule has 0 radical (unpaired) electrons. The van der Waals surface area contributed by atoms with Crippen molar-refractivity contribution in [2.75, 3.05) is 9.80 Å². The molecule has 4 nitrogen and oxygen atoms in total. The van der Waals surface area contributed by atoms with Gasteiger partial charge in [-0.3, -0.25) is 4.98 Å². The van der Waals surface area contributed by atoms with Crippen LogP contribution in [0.15, 0.2) is 240 Å². The van der Waals surface area contributed by atoms with E-state index in [2.05, 4.69) is 218 Å². The summed E-state index contributed by atoms with van der Waals surface area (Å²) in [4.78, 5) is 9.76. The average Bonchev–Trinajstić information content (AvgIpc) is 3.81. The number of nitrogens with zero attached hydrogens (tertiary/aromatic N) is 3. The van der Waals surface area contributed by atoms with Crippen molar-refractivity contribution in [2.45, 2.75) is 25.7 Å². The van der Waals surface area contributed by atoms with Gasteiger partial charge in [0.05, 0.1) is 29.0 Å². The number of para-hydroxylation sites is 4. The second-order valence-corrected chi connectivity index (χ2v) is 16.9. The number of hydrogen-bond acceptors (Lipinski definition) is 4. The van der Waals surface area contributed by atoms with E-state index >= 15 is 0 Å². The maximum atomic E-state index is 6.53. The molecule has 0 saturated heterocycles. The van der Waals surface area contributed by atoms with Gasteiger partial charge in [-0.05, 0) is 118 Å². The fourth-order valence-corrected chi connectivity index (χ4v) is 9.52. The second kappa shape index (κ2) is 15.5. The first-order valence-corrected chi connectivity index (χ1v) is 21.6. The van der Waals surface area contributed by atoms with Gasteiger partial charge in [0.2, 0.25) is 0 Å². The highest BCUT2D eigenvalue weighted by Crippen LogP contribution is 2.51. The zero-order valence-electron chi connectivity index (χ0n) is 35.4. The summed E-state index contributed by atoms with van der Waals surface area (Å²) in [6, 6.07) is 62.1. The highest BCUT2D eigenvalue weighted by atomic mass is 16.3. The van der Waals surface area contributed by atoms with Crippen LogP contribution in [-0.2, 0) is 5.41 Å². The highest BCUT2D eigenvalue weighted by molar-refractivity contribution is 6.10. The van der Waals surface area contributed by atoms with Gasteiger partial charge in [0, 0.05) is 38.8 Å². The molecule has 0 N–H and O–H groups in total. The molecule has 0 fully saturated rings. The minimum absolute atomic E-state index is 0.315. The monoisotopic (exact) mass is 811 g/mol. The fourth-order valence-electron chi connectivity index (χ4n) is 9.52. The Hall–Kier alpha value is -7.95. The Balaban J connectivity index is 0.991. The smallest absolute Gasteiger partial charge is 0.159 e. The summed E-state index contributed by atoms with van der Waals surface area (Å²) >= 11 is 0. The minimum atomic E-state index is -0.315. The van der Waals surface area contributed by atoms with Gasteiger partial charge in [-0.2, -0.15) is 0 Å². The average molecular weight is 812 g/mol. The van der Waals surface area contributed by atoms with Crippen molar-refractivity contribution in [1.29, 1.82) is 0 Å². The molecule has 0 amide bonds. The van der Waals surface area contributed by atoms with Crippen LogP contribution in [0.4, 0.5) is 28.4 Å². The van der Waals surface area contributed by atoms with Crippen LogP contribution in [0.1, 0.15) is 31.4 Å². The molecule has 2 aliphatic carbocycles. The summed E-state index contributed by atoms with van der Waals surface area (Å²) in [6.07, 6.45) is 13.9. The van der Waals surface area contributed by atoms with Crippen LogP contribution in [0.2, 0.25) is 0 Å². The van der Waals surface area contributed by atoms with E-state index in [1.807, 2.05) is 24.4 Å². The molecule has 9 aromatic rings. The van der Waals surface area contributed by atoms with E-state index in [9.17, 15) is 0 Å². The Kier molecular flexibility index (Phi) is 9.35. The van der Waals surface area contributed by atoms with Crippen LogP contribution >= 0.6 is 0 Å². The molecule has 4 heteroatoms. The summed E-state index contributed by atoms with van der Waals surface area (Å²) in [7, 11) is 0. The Morgan fingerprint density at radius 3 is 2.11 bits per heavy atom. The zero-order valence-corrected chi connectivity index (χ0v) is 35.4. The first kappa shape index (κ1) is 38.0. The molecule has 11 rings (SSSR count). The van der Waals surface area contributed by atoms with E-state index in [1.54, 1.807) is 0 Å². The Morgan fingerprint density at radius 2 is 1.32 bits per heavy atom. The van der Waals surface area contributed by atoms with Crippen LogP contribution in [-0.4, -0.2) is 4.98 Å². The van der Waals surface area contributed by atoms with Crippen molar-refractivity contribution in [2.24, 2.45) is 0 Å². The van der Waals surface area contributed by atoms with E-state index in [0.29, 0.717) is 0 Å². The molecule has 0 bridgehead atoms. The highest BCUT2D eigenvalue weighted by Gasteiger charge is 2.37. The molecule has 0 saturated carbocycles. The third-order valence-corrected chi connectivity index (χ3v) is 12.7. The molecule has 0 spiro atoms. The van der Waals surface area contributed by atoms with E-state index in [1.165, 1.54) is 33.0 Å². The number of fused-ring (bicyclic) bond motifs is 6. The number of anilines is 5. The number of hydrogen-bond donors (Lipinski definition) is 0. The van der Waals surface area contributed by atoms with Crippen molar-refractivity contribution < 1.29 is 4.42 Å². The Bertz CT molecular complexity index is 3350. The van der Waals surface area contributed by atoms with Crippen molar-refractivity contribution in [1.82, 2.24) is 4.98 Å². The van der Waals surface area contributed by atoms with Gasteiger partial charge in [0.25, 0.3) is 0 Å². The number of allylic oxidation sites excluding steroid dienone is 7. The maximum Gasteiger partial charge on any atom is 0.159 e. The normalized spacial score (nSPS) is 16.3. The van der Waals surface area contributed by atoms with Gasteiger partial charge < -0.3 is 14.2 Å². The van der Waals surface area contributed by atoms with Gasteiger partial charge in [-0.25, -0.2) is 0 Å². The molecule has 2 aliphatic rings. The van der Waals surface area contributed by atoms with E-state index in [4.69, 9.17) is 9.40 Å². The van der Waals surface area contributed by atoms with Crippen molar-refractivity contribution in [3.05, 3.63) is 247 Å². The Morgan fingerprint density at radius 1 is 0.603 bits per heavy atom. The van der Waals surface area contributed by atoms with E-state index in [0.717, 1.165) is 79.3 Å². The van der Waals surface area contributed by atoms with Gasteiger partial charge >= 0.3 is 0 Å². The zero-order chi connectivity index (χ0) is 42.5. The van der Waals surface area contributed by atoms with Crippen LogP contribution in [0, 0.1) is 0 Å². The number of rotatable bonds is 7. The molecule has 0 aliphatic heterocycles. The number of pyridine rings is 1. The summed E-state index contributed by atoms with van der Waals surface area (Å²) in [5, 5.41) is 4.60. The molecule has 302 valence electrons. The number of aromatic nitrogens is 1. The van der Waals surface area contributed by atoms with Crippen LogP contribution in [0.3, 0.4) is 0 Å². The predicted octanol–water partition coefficient (Wildman–Crippen LogP) is 16.1. The van der Waals surface area contributed by atoms with E-state index in [-0.39, 0.29) is 5.41 Å². The van der Waals surface area contributed by atoms with Crippen molar-refractivity contribution in [3.63, 3.8) is 0 Å². The van der Waals surface area contributed by atoms with Crippen LogP contribution in [0.25, 0.3) is 49.5 Å². The SMILES string of the molecule is C=C1/C=C\C=C/CC2=C(/C=C\1N(c1ccccc1)c1ccc3ccccc3c1)C(C)(C)c1cc(-c3ccc(N(c4ccccc4)c4cccc5c4oc4ccccc45)cn3)ccc12. The first-order chi connectivity index (χ1) is 30.9. The van der Waals surface area contributed by atoms with Gasteiger partial charge in [-0.15, -0.1) is 0 Å². The van der Waals surface area contributed by atoms with Gasteiger partial charge in [0.1, 0.15) is 5.58 Å². The molecular formula is C59H45N3O. The van der Waals surface area contributed by atoms with E-state index < -0.39 is 0 Å². The van der Waals surface area contributed by atoms with Crippen molar-refractivity contribution in [3.8, 4) is 11.3 Å². The lowest BCUT2D eigenvalue weighted by Crippen LogP contribution is -2.21. The third-order valence-electron chi connectivity index (χ3n) is 12.7. The largest absolute Gasteiger partial charge is 0.454 e. The molecule has 2 heterocycles. The molecule has 2 aromatic heterocycles. The lowest BCUT2D eigenvalue weighted by Gasteiger charge is -2.31. The molecule has 0 unspecified atom stereocenters. The summed E-state index contributed by atoms with van der Waals surface area (Å²) in [5.41, 5.74) is 15.6. The molecule has 0 atom stereocenters. The quantitative estimate of drug-likeness (QED) is 0.160. The van der Waals surface area contributed by atoms with Gasteiger partial charge in [0.15, 0.2) is 5.58 Å². The fraction of sp³-hybridized carbons (Fsp3) is 0.0678. The van der Waals surface area contributed by atoms with Gasteiger partial charge in [-0.1, -0.05) is 154 Å². The van der Waals surface area contributed by atoms with Crippen LogP contribution in [0.5, 0.6) is 0 Å². The number of benzene rings is 7.